The molecule has 0 amide bonds. The number of hydrogen-bond donors (Lipinski definition) is 0. The van der Waals surface area contributed by atoms with Crippen LogP contribution in [-0.4, -0.2) is 13.5 Å². The van der Waals surface area contributed by atoms with Crippen molar-refractivity contribution >= 4 is 24.8 Å². The lowest BCUT2D eigenvalue weighted by Gasteiger charge is -1.84. The number of halogens is 1. The Hall–Kier alpha value is -0.0900. The number of carbonyl (C=O) groups excluding carboxylic acids is 1. The topological polar surface area (TPSA) is 51.2 Å². The van der Waals surface area contributed by atoms with Crippen LogP contribution in [0.4, 0.5) is 0 Å². The van der Waals surface area contributed by atoms with Crippen LogP contribution in [-0.2, 0) is 13.8 Å². The lowest BCUT2D eigenvalue weighted by molar-refractivity contribution is -0.111. The number of carbonyl (C=O) groups is 1. The second-order valence-electron chi connectivity index (χ2n) is 1.16. The van der Waals surface area contributed by atoms with Crippen molar-refractivity contribution in [2.45, 2.75) is 13.3 Å². The van der Waals surface area contributed by atoms with Gasteiger partial charge in [0.05, 0.1) is 0 Å². The molecule has 0 rings (SSSR count). The smallest absolute Gasteiger partial charge is 0.280 e. The van der Waals surface area contributed by atoms with Crippen molar-refractivity contribution in [1.29, 1.82) is 0 Å². The molecule has 0 atom stereocenters. The molecule has 0 aromatic rings. The van der Waals surface area contributed by atoms with Gasteiger partial charge in [0.2, 0.25) is 0 Å². The zero-order valence-electron chi connectivity index (χ0n) is 4.22. The zero-order chi connectivity index (χ0) is 6.78. The van der Waals surface area contributed by atoms with Gasteiger partial charge in [-0.15, -0.1) is 0 Å². The largest absolute Gasteiger partial charge is 0.294 e. The van der Waals surface area contributed by atoms with Crippen LogP contribution in [0, 0.1) is 0 Å². The van der Waals surface area contributed by atoms with Crippen molar-refractivity contribution in [3.05, 3.63) is 0 Å². The molecule has 0 aromatic carbocycles. The highest BCUT2D eigenvalue weighted by Gasteiger charge is 2.14. The monoisotopic (exact) mass is 156 g/mol. The first-order valence-electron chi connectivity index (χ1n) is 1.96. The highest BCUT2D eigenvalue weighted by atomic mass is 35.7. The van der Waals surface area contributed by atoms with E-state index in [-0.39, 0.29) is 6.42 Å². The van der Waals surface area contributed by atoms with Gasteiger partial charge in [0.1, 0.15) is 0 Å². The Kier molecular flexibility index (Phi) is 2.43. The molecule has 5 heteroatoms. The van der Waals surface area contributed by atoms with Crippen LogP contribution in [0.3, 0.4) is 0 Å². The maximum atomic E-state index is 10.1. The SMILES string of the molecule is CCC(=O)S(=O)(=O)Cl. The molecule has 0 unspecified atom stereocenters. The van der Waals surface area contributed by atoms with Gasteiger partial charge in [0, 0.05) is 17.1 Å². The third kappa shape index (κ3) is 2.28. The van der Waals surface area contributed by atoms with Crippen molar-refractivity contribution in [3.63, 3.8) is 0 Å². The fourth-order valence-corrected chi connectivity index (χ4v) is 0.845. The molecule has 0 radical (unpaired) electrons. The molecule has 0 saturated carbocycles. The normalized spacial score (nSPS) is 11.2. The molecule has 0 aromatic heterocycles. The highest BCUT2D eigenvalue weighted by molar-refractivity contribution is 8.25. The van der Waals surface area contributed by atoms with Gasteiger partial charge in [-0.1, -0.05) is 6.92 Å². The summed E-state index contributed by atoms with van der Waals surface area (Å²) >= 11 is 0. The fourth-order valence-electron chi connectivity index (χ4n) is 0.172. The predicted molar refractivity (Wildman–Crippen MR) is 30.1 cm³/mol. The standard InChI is InChI=1S/C3H5ClO3S/c1-2-3(5)8(4,6)7/h2H2,1H3. The summed E-state index contributed by atoms with van der Waals surface area (Å²) < 4.78 is 20.0. The lowest BCUT2D eigenvalue weighted by Crippen LogP contribution is -2.04. The molecular formula is C3H5ClO3S. The summed E-state index contributed by atoms with van der Waals surface area (Å²) in [5.41, 5.74) is 0. The summed E-state index contributed by atoms with van der Waals surface area (Å²) in [6.45, 7) is 1.43. The van der Waals surface area contributed by atoms with Crippen molar-refractivity contribution in [2.75, 3.05) is 0 Å². The zero-order valence-corrected chi connectivity index (χ0v) is 5.79. The van der Waals surface area contributed by atoms with Crippen LogP contribution in [0.2, 0.25) is 0 Å². The van der Waals surface area contributed by atoms with E-state index in [1.807, 2.05) is 0 Å². The Balaban J connectivity index is 4.29. The Morgan fingerprint density at radius 1 is 1.62 bits per heavy atom. The average molecular weight is 157 g/mol. The summed E-state index contributed by atoms with van der Waals surface area (Å²) in [5, 5.41) is -0.931. The molecule has 0 fully saturated rings. The van der Waals surface area contributed by atoms with E-state index in [2.05, 4.69) is 10.7 Å². The molecule has 3 nitrogen and oxygen atoms in total. The van der Waals surface area contributed by atoms with E-state index in [4.69, 9.17) is 0 Å². The summed E-state index contributed by atoms with van der Waals surface area (Å²) in [5.74, 6) is 0. The molecule has 0 spiro atoms. The Labute approximate surface area is 52.1 Å². The molecule has 8 heavy (non-hydrogen) atoms. The van der Waals surface area contributed by atoms with Crippen LogP contribution < -0.4 is 0 Å². The fraction of sp³-hybridized carbons (Fsp3) is 0.667. The van der Waals surface area contributed by atoms with Gasteiger partial charge in [-0.05, 0) is 0 Å². The van der Waals surface area contributed by atoms with Crippen molar-refractivity contribution < 1.29 is 13.2 Å². The first-order valence-corrected chi connectivity index (χ1v) is 4.27. The number of rotatable bonds is 1. The molecule has 0 N–H and O–H groups in total. The molecular weight excluding hydrogens is 152 g/mol. The third-order valence-corrected chi connectivity index (χ3v) is 1.91. The van der Waals surface area contributed by atoms with Crippen LogP contribution in [0.5, 0.6) is 0 Å². The molecule has 0 bridgehead atoms. The molecule has 48 valence electrons. The minimum absolute atomic E-state index is 0.0637. The summed E-state index contributed by atoms with van der Waals surface area (Å²) in [6.07, 6.45) is -0.0637. The average Bonchev–Trinajstić information content (AvgIpc) is 1.62. The van der Waals surface area contributed by atoms with E-state index in [0.29, 0.717) is 0 Å². The van der Waals surface area contributed by atoms with Crippen molar-refractivity contribution in [1.82, 2.24) is 0 Å². The predicted octanol–water partition coefficient (Wildman–Crippen LogP) is 0.492. The van der Waals surface area contributed by atoms with E-state index >= 15 is 0 Å². The van der Waals surface area contributed by atoms with Crippen molar-refractivity contribution in [2.24, 2.45) is 0 Å². The first kappa shape index (κ1) is 7.91. The van der Waals surface area contributed by atoms with Crippen LogP contribution >= 0.6 is 10.7 Å². The molecule has 0 saturated heterocycles. The third-order valence-electron chi connectivity index (χ3n) is 0.561. The second-order valence-corrected chi connectivity index (χ2v) is 3.71. The summed E-state index contributed by atoms with van der Waals surface area (Å²) in [7, 11) is 0.687. The van der Waals surface area contributed by atoms with Crippen LogP contribution in [0.15, 0.2) is 0 Å². The maximum absolute atomic E-state index is 10.1. The van der Waals surface area contributed by atoms with E-state index < -0.39 is 14.2 Å². The Morgan fingerprint density at radius 3 is 2.00 bits per heavy atom. The van der Waals surface area contributed by atoms with E-state index in [0.717, 1.165) is 0 Å². The minimum Gasteiger partial charge on any atom is -0.280 e. The quantitative estimate of drug-likeness (QED) is 0.520. The number of hydrogen-bond acceptors (Lipinski definition) is 3. The van der Waals surface area contributed by atoms with E-state index in [9.17, 15) is 13.2 Å². The van der Waals surface area contributed by atoms with Gasteiger partial charge in [-0.3, -0.25) is 4.79 Å². The van der Waals surface area contributed by atoms with Crippen molar-refractivity contribution in [3.8, 4) is 0 Å². The lowest BCUT2D eigenvalue weighted by atomic mass is 10.6. The van der Waals surface area contributed by atoms with Gasteiger partial charge >= 0.3 is 0 Å². The van der Waals surface area contributed by atoms with E-state index in [1.54, 1.807) is 0 Å². The van der Waals surface area contributed by atoms with Gasteiger partial charge in [-0.2, -0.15) is 0 Å². The summed E-state index contributed by atoms with van der Waals surface area (Å²) in [6, 6.07) is 0. The van der Waals surface area contributed by atoms with Gasteiger partial charge in [-0.25, -0.2) is 8.42 Å². The van der Waals surface area contributed by atoms with Crippen LogP contribution in [0.25, 0.3) is 0 Å². The second kappa shape index (κ2) is 2.46. The Morgan fingerprint density at radius 2 is 2.00 bits per heavy atom. The molecule has 0 aliphatic heterocycles. The molecule has 0 aliphatic rings. The first-order chi connectivity index (χ1) is 3.48. The Bertz CT molecular complexity index is 181. The summed E-state index contributed by atoms with van der Waals surface area (Å²) in [4.78, 5) is 10.1. The minimum atomic E-state index is -3.92. The maximum Gasteiger partial charge on any atom is 0.294 e. The van der Waals surface area contributed by atoms with Crippen LogP contribution in [0.1, 0.15) is 13.3 Å². The van der Waals surface area contributed by atoms with E-state index in [1.165, 1.54) is 6.92 Å². The van der Waals surface area contributed by atoms with Gasteiger partial charge in [0.25, 0.3) is 14.2 Å². The van der Waals surface area contributed by atoms with Gasteiger partial charge < -0.3 is 0 Å². The highest BCUT2D eigenvalue weighted by Crippen LogP contribution is 1.99. The molecule has 0 aliphatic carbocycles. The molecule has 0 heterocycles. The van der Waals surface area contributed by atoms with Gasteiger partial charge in [0.15, 0.2) is 0 Å².